The molecule has 14 nitrogen and oxygen atoms in total. The summed E-state index contributed by atoms with van der Waals surface area (Å²) in [6, 6.07) is 23.2. The van der Waals surface area contributed by atoms with Gasteiger partial charge in [0.1, 0.15) is 29.8 Å². The number of nitrogens with one attached hydrogen (secondary N) is 4. The first-order chi connectivity index (χ1) is 27.6. The van der Waals surface area contributed by atoms with E-state index in [0.717, 1.165) is 46.5 Å². The molecule has 4 atom stereocenters. The van der Waals surface area contributed by atoms with Crippen LogP contribution in [0.3, 0.4) is 0 Å². The number of benzene rings is 3. The number of aromatic amines is 2. The number of imidazole rings is 2. The van der Waals surface area contributed by atoms with Crippen LogP contribution in [-0.2, 0) is 19.1 Å². The molecule has 0 unspecified atom stereocenters. The second-order valence-corrected chi connectivity index (χ2v) is 14.4. The van der Waals surface area contributed by atoms with Gasteiger partial charge in [-0.15, -0.1) is 0 Å². The fourth-order valence-electron chi connectivity index (χ4n) is 7.41. The number of alkyl carbamates (subject to hydrolysis) is 2. The Hall–Kier alpha value is -6.70. The lowest BCUT2D eigenvalue weighted by atomic mass is 10.0. The molecule has 1 fully saturated rings. The number of hydrogen-bond acceptors (Lipinski definition) is 8. The van der Waals surface area contributed by atoms with E-state index in [4.69, 9.17) is 19.4 Å². The van der Waals surface area contributed by atoms with E-state index in [0.29, 0.717) is 30.3 Å². The van der Waals surface area contributed by atoms with E-state index in [1.807, 2.05) is 105 Å². The van der Waals surface area contributed by atoms with Crippen LogP contribution in [0.4, 0.5) is 9.59 Å². The van der Waals surface area contributed by atoms with E-state index in [2.05, 4.69) is 32.7 Å². The van der Waals surface area contributed by atoms with Gasteiger partial charge in [-0.05, 0) is 35.4 Å². The third-order valence-corrected chi connectivity index (χ3v) is 10.5. The maximum Gasteiger partial charge on any atom is 0.407 e. The average molecular weight is 771 g/mol. The van der Waals surface area contributed by atoms with Crippen molar-refractivity contribution < 1.29 is 28.7 Å². The Morgan fingerprint density at radius 2 is 1.28 bits per heavy atom. The average Bonchev–Trinajstić information content (AvgIpc) is 4.09. The number of carbonyl (C=O) groups excluding carboxylic acids is 4. The predicted octanol–water partition coefficient (Wildman–Crippen LogP) is 6.71. The molecule has 3 aromatic carbocycles. The zero-order valence-electron chi connectivity index (χ0n) is 32.3. The lowest BCUT2D eigenvalue weighted by Gasteiger charge is -2.29. The molecule has 5 aromatic rings. The zero-order valence-corrected chi connectivity index (χ0v) is 32.3. The summed E-state index contributed by atoms with van der Waals surface area (Å²) >= 11 is 0. The van der Waals surface area contributed by atoms with E-state index in [-0.39, 0.29) is 23.8 Å². The molecule has 4 heterocycles. The van der Waals surface area contributed by atoms with Gasteiger partial charge in [-0.1, -0.05) is 105 Å². The molecule has 7 rings (SSSR count). The SMILES string of the molecule is COC(=O)N[C@H](C(=O)N1CC=C[C@H]1c1nc(-c2ccc(-c3ccc(-c4c[nH]c([C@@H]5CCCN5C(=O)[C@H](NC(=O)OC)c5ccccc5)n4)cc3)cc2)c[nH]1)C(C)C. The maximum atomic E-state index is 13.9. The monoisotopic (exact) mass is 770 g/mol. The number of carbonyl (C=O) groups is 4. The molecule has 4 amide bonds. The van der Waals surface area contributed by atoms with E-state index >= 15 is 0 Å². The summed E-state index contributed by atoms with van der Waals surface area (Å²) in [5, 5.41) is 5.37. The largest absolute Gasteiger partial charge is 0.453 e. The van der Waals surface area contributed by atoms with E-state index in [9.17, 15) is 19.2 Å². The lowest BCUT2D eigenvalue weighted by molar-refractivity contribution is -0.135. The first-order valence-corrected chi connectivity index (χ1v) is 19.0. The highest BCUT2D eigenvalue weighted by atomic mass is 16.5. The normalized spacial score (nSPS) is 17.4. The molecule has 14 heteroatoms. The molecular formula is C43H46N8O6. The Morgan fingerprint density at radius 3 is 1.88 bits per heavy atom. The van der Waals surface area contributed by atoms with E-state index < -0.39 is 30.3 Å². The van der Waals surface area contributed by atoms with Gasteiger partial charge in [0.25, 0.3) is 5.91 Å². The van der Waals surface area contributed by atoms with Gasteiger partial charge >= 0.3 is 12.2 Å². The van der Waals surface area contributed by atoms with Crippen molar-refractivity contribution >= 4 is 24.0 Å². The summed E-state index contributed by atoms with van der Waals surface area (Å²) in [5.74, 6) is 0.769. The number of rotatable bonds is 11. The van der Waals surface area contributed by atoms with Crippen LogP contribution in [0, 0.1) is 5.92 Å². The van der Waals surface area contributed by atoms with Crippen molar-refractivity contribution in [2.24, 2.45) is 5.92 Å². The third-order valence-electron chi connectivity index (χ3n) is 10.5. The minimum atomic E-state index is -0.883. The number of ether oxygens (including phenoxy) is 2. The van der Waals surface area contributed by atoms with Crippen LogP contribution in [-0.4, -0.2) is 87.1 Å². The molecule has 294 valence electrons. The number of H-pyrrole nitrogens is 2. The van der Waals surface area contributed by atoms with Crippen molar-refractivity contribution in [3.63, 3.8) is 0 Å². The molecule has 2 aliphatic heterocycles. The van der Waals surface area contributed by atoms with Crippen LogP contribution in [0.25, 0.3) is 33.6 Å². The first-order valence-electron chi connectivity index (χ1n) is 19.0. The highest BCUT2D eigenvalue weighted by Crippen LogP contribution is 2.35. The van der Waals surface area contributed by atoms with Crippen LogP contribution >= 0.6 is 0 Å². The number of hydrogen-bond donors (Lipinski definition) is 4. The maximum absolute atomic E-state index is 13.9. The van der Waals surface area contributed by atoms with Gasteiger partial charge in [-0.3, -0.25) is 9.59 Å². The summed E-state index contributed by atoms with van der Waals surface area (Å²) in [5.41, 5.74) is 6.11. The van der Waals surface area contributed by atoms with Gasteiger partial charge in [0.15, 0.2) is 0 Å². The summed E-state index contributed by atoms with van der Waals surface area (Å²) in [4.78, 5) is 71.3. The lowest BCUT2D eigenvalue weighted by Crippen LogP contribution is -2.51. The van der Waals surface area contributed by atoms with Crippen LogP contribution in [0.2, 0.25) is 0 Å². The minimum absolute atomic E-state index is 0.136. The Labute approximate surface area is 330 Å². The quantitative estimate of drug-likeness (QED) is 0.107. The number of amides is 4. The molecule has 0 bridgehead atoms. The molecule has 0 saturated carbocycles. The molecule has 1 saturated heterocycles. The molecule has 2 aliphatic rings. The van der Waals surface area contributed by atoms with E-state index in [1.54, 1.807) is 9.80 Å². The smallest absolute Gasteiger partial charge is 0.407 e. The van der Waals surface area contributed by atoms with Crippen molar-refractivity contribution in [1.29, 1.82) is 0 Å². The van der Waals surface area contributed by atoms with Gasteiger partial charge in [-0.2, -0.15) is 0 Å². The number of aromatic nitrogens is 4. The van der Waals surface area contributed by atoms with Crippen LogP contribution < -0.4 is 10.6 Å². The summed E-state index contributed by atoms with van der Waals surface area (Å²) in [6.07, 6.45) is 7.79. The Kier molecular flexibility index (Phi) is 11.5. The molecule has 2 aromatic heterocycles. The Bertz CT molecular complexity index is 2230. The van der Waals surface area contributed by atoms with Crippen LogP contribution in [0.5, 0.6) is 0 Å². The van der Waals surface area contributed by atoms with Crippen molar-refractivity contribution in [2.75, 3.05) is 27.3 Å². The standard InChI is InChI=1S/C43H46N8O6/c1-26(2)36(48-42(54)56-3)40(52)50-22-8-12-34(50)38-44-24-32(46-38)29-18-14-27(15-19-29)28-16-20-30(21-17-28)33-25-45-39(47-33)35-13-9-23-51(35)41(53)37(49-43(55)57-4)31-10-6-5-7-11-31/h5-8,10-12,14-21,24-26,34-37H,9,13,22-23H2,1-4H3,(H,44,46)(H,45,47)(H,48,54)(H,49,55)/t34-,35-,36-,37+/m0/s1. The van der Waals surface area contributed by atoms with Crippen molar-refractivity contribution in [1.82, 2.24) is 40.4 Å². The fraction of sp³-hybridized carbons (Fsp3) is 0.302. The number of nitrogens with zero attached hydrogens (tertiary/aromatic N) is 4. The minimum Gasteiger partial charge on any atom is -0.453 e. The van der Waals surface area contributed by atoms with Gasteiger partial charge in [0.05, 0.1) is 31.6 Å². The predicted molar refractivity (Wildman–Crippen MR) is 213 cm³/mol. The summed E-state index contributed by atoms with van der Waals surface area (Å²) in [6.45, 7) is 4.72. The highest BCUT2D eigenvalue weighted by Gasteiger charge is 2.38. The Balaban J connectivity index is 1.01. The molecule has 0 radical (unpaired) electrons. The first kappa shape index (κ1) is 38.6. The van der Waals surface area contributed by atoms with Gasteiger partial charge in [0.2, 0.25) is 5.91 Å². The second kappa shape index (κ2) is 17.0. The third kappa shape index (κ3) is 8.30. The summed E-state index contributed by atoms with van der Waals surface area (Å²) in [7, 11) is 2.55. The number of likely N-dealkylation sites (tertiary alicyclic amines) is 1. The molecular weight excluding hydrogens is 725 g/mol. The zero-order chi connectivity index (χ0) is 40.1. The van der Waals surface area contributed by atoms with Crippen molar-refractivity contribution in [3.05, 3.63) is 121 Å². The van der Waals surface area contributed by atoms with Gasteiger partial charge in [-0.25, -0.2) is 19.6 Å². The second-order valence-electron chi connectivity index (χ2n) is 14.4. The molecule has 0 spiro atoms. The summed E-state index contributed by atoms with van der Waals surface area (Å²) < 4.78 is 9.56. The molecule has 0 aliphatic carbocycles. The highest BCUT2D eigenvalue weighted by molar-refractivity contribution is 5.88. The van der Waals surface area contributed by atoms with Crippen molar-refractivity contribution in [3.8, 4) is 33.6 Å². The van der Waals surface area contributed by atoms with Gasteiger partial charge in [0, 0.05) is 36.6 Å². The molecule has 57 heavy (non-hydrogen) atoms. The fourth-order valence-corrected chi connectivity index (χ4v) is 7.41. The topological polar surface area (TPSA) is 175 Å². The number of methoxy groups -OCH3 is 2. The molecule has 4 N–H and O–H groups in total. The Morgan fingerprint density at radius 1 is 0.719 bits per heavy atom. The van der Waals surface area contributed by atoms with Crippen molar-refractivity contribution in [2.45, 2.75) is 50.9 Å². The van der Waals surface area contributed by atoms with E-state index in [1.165, 1.54) is 14.2 Å². The van der Waals surface area contributed by atoms with Crippen LogP contribution in [0.1, 0.15) is 62.0 Å². The van der Waals surface area contributed by atoms with Gasteiger partial charge < -0.3 is 39.9 Å². The van der Waals surface area contributed by atoms with Crippen LogP contribution in [0.15, 0.2) is 103 Å².